The Bertz CT molecular complexity index is 297. The fourth-order valence-corrected chi connectivity index (χ4v) is 1.79. The maximum absolute atomic E-state index is 11.0. The second-order valence-corrected chi connectivity index (χ2v) is 3.20. The fraction of sp³-hybridized carbons (Fsp3) is 0.500. The SMILES string of the molecule is O=C1C(=O)C2C(=O)CC1CC2=O. The van der Waals surface area contributed by atoms with Gasteiger partial charge in [-0.3, -0.25) is 19.2 Å². The topological polar surface area (TPSA) is 68.3 Å². The smallest absolute Gasteiger partial charge is 0.216 e. The summed E-state index contributed by atoms with van der Waals surface area (Å²) in [5.41, 5.74) is 0. The Hall–Kier alpha value is -1.32. The summed E-state index contributed by atoms with van der Waals surface area (Å²) in [5.74, 6) is -3.93. The summed E-state index contributed by atoms with van der Waals surface area (Å²) < 4.78 is 0. The second-order valence-electron chi connectivity index (χ2n) is 3.20. The van der Waals surface area contributed by atoms with E-state index in [9.17, 15) is 19.2 Å². The van der Waals surface area contributed by atoms with Crippen molar-refractivity contribution in [2.75, 3.05) is 0 Å². The molecule has 0 spiro atoms. The predicted molar refractivity (Wildman–Crippen MR) is 36.2 cm³/mol. The number of ketones is 4. The molecule has 3 aliphatic carbocycles. The molecule has 4 nitrogen and oxygen atoms in total. The van der Waals surface area contributed by atoms with Gasteiger partial charge in [0.15, 0.2) is 11.6 Å². The van der Waals surface area contributed by atoms with Crippen LogP contribution in [0.2, 0.25) is 0 Å². The maximum Gasteiger partial charge on any atom is 0.216 e. The van der Waals surface area contributed by atoms with Gasteiger partial charge in [0.2, 0.25) is 11.6 Å². The normalized spacial score (nSPS) is 34.7. The van der Waals surface area contributed by atoms with Crippen LogP contribution in [0.25, 0.3) is 0 Å². The van der Waals surface area contributed by atoms with Gasteiger partial charge in [0.05, 0.1) is 0 Å². The van der Waals surface area contributed by atoms with Crippen LogP contribution in [-0.4, -0.2) is 23.1 Å². The van der Waals surface area contributed by atoms with Gasteiger partial charge in [0.25, 0.3) is 0 Å². The van der Waals surface area contributed by atoms with E-state index in [1.54, 1.807) is 0 Å². The molecule has 0 heterocycles. The monoisotopic (exact) mass is 166 g/mol. The summed E-state index contributed by atoms with van der Waals surface area (Å²) in [5, 5.41) is 0. The van der Waals surface area contributed by atoms with Crippen LogP contribution in [0.15, 0.2) is 0 Å². The molecule has 0 unspecified atom stereocenters. The molecule has 0 atom stereocenters. The fourth-order valence-electron chi connectivity index (χ4n) is 1.79. The number of hydrogen-bond donors (Lipinski definition) is 0. The van der Waals surface area contributed by atoms with E-state index >= 15 is 0 Å². The molecule has 0 aromatic rings. The van der Waals surface area contributed by atoms with Crippen LogP contribution in [0, 0.1) is 11.8 Å². The van der Waals surface area contributed by atoms with Crippen molar-refractivity contribution in [3.05, 3.63) is 0 Å². The first kappa shape index (κ1) is 7.34. The number of fused-ring (bicyclic) bond motifs is 3. The number of carbonyl (C=O) groups is 4. The zero-order chi connectivity index (χ0) is 8.88. The quantitative estimate of drug-likeness (QED) is 0.352. The van der Waals surface area contributed by atoms with E-state index in [4.69, 9.17) is 0 Å². The lowest BCUT2D eigenvalue weighted by atomic mass is 9.68. The van der Waals surface area contributed by atoms with Crippen LogP contribution in [0.5, 0.6) is 0 Å². The molecule has 3 rings (SSSR count). The van der Waals surface area contributed by atoms with Gasteiger partial charge in [0, 0.05) is 18.8 Å². The average Bonchev–Trinajstić information content (AvgIpc) is 1.98. The van der Waals surface area contributed by atoms with E-state index in [1.165, 1.54) is 0 Å². The van der Waals surface area contributed by atoms with E-state index in [1.807, 2.05) is 0 Å². The van der Waals surface area contributed by atoms with E-state index < -0.39 is 23.4 Å². The molecule has 12 heavy (non-hydrogen) atoms. The molecule has 0 amide bonds. The molecule has 62 valence electrons. The van der Waals surface area contributed by atoms with Crippen LogP contribution in [0.3, 0.4) is 0 Å². The second kappa shape index (κ2) is 2.09. The van der Waals surface area contributed by atoms with Crippen molar-refractivity contribution in [2.24, 2.45) is 11.8 Å². The Morgan fingerprint density at radius 3 is 1.67 bits per heavy atom. The predicted octanol–water partition coefficient (Wildman–Crippen LogP) is -0.697. The third-order valence-electron chi connectivity index (χ3n) is 2.41. The van der Waals surface area contributed by atoms with Gasteiger partial charge >= 0.3 is 0 Å². The molecule has 0 aromatic heterocycles. The molecule has 3 aliphatic rings. The molecule has 0 saturated heterocycles. The Morgan fingerprint density at radius 1 is 0.833 bits per heavy atom. The molecule has 0 N–H and O–H groups in total. The minimum absolute atomic E-state index is 0.0843. The number of rotatable bonds is 0. The Labute approximate surface area is 67.9 Å². The lowest BCUT2D eigenvalue weighted by molar-refractivity contribution is -0.157. The van der Waals surface area contributed by atoms with Gasteiger partial charge in [-0.2, -0.15) is 0 Å². The van der Waals surface area contributed by atoms with Crippen molar-refractivity contribution in [1.29, 1.82) is 0 Å². The highest BCUT2D eigenvalue weighted by molar-refractivity contribution is 6.51. The zero-order valence-electron chi connectivity index (χ0n) is 6.20. The van der Waals surface area contributed by atoms with Crippen LogP contribution in [0.1, 0.15) is 12.8 Å². The van der Waals surface area contributed by atoms with Crippen molar-refractivity contribution in [3.63, 3.8) is 0 Å². The van der Waals surface area contributed by atoms with Gasteiger partial charge in [-0.15, -0.1) is 0 Å². The zero-order valence-corrected chi connectivity index (χ0v) is 6.20. The Morgan fingerprint density at radius 2 is 1.33 bits per heavy atom. The van der Waals surface area contributed by atoms with Crippen LogP contribution in [-0.2, 0) is 19.2 Å². The highest BCUT2D eigenvalue weighted by atomic mass is 16.2. The van der Waals surface area contributed by atoms with Crippen molar-refractivity contribution < 1.29 is 19.2 Å². The third-order valence-corrected chi connectivity index (χ3v) is 2.41. The van der Waals surface area contributed by atoms with E-state index in [0.717, 1.165) is 0 Å². The van der Waals surface area contributed by atoms with Crippen molar-refractivity contribution in [3.8, 4) is 0 Å². The largest absolute Gasteiger partial charge is 0.298 e. The van der Waals surface area contributed by atoms with Crippen molar-refractivity contribution >= 4 is 23.1 Å². The van der Waals surface area contributed by atoms with E-state index in [-0.39, 0.29) is 24.4 Å². The number of hydrogen-bond acceptors (Lipinski definition) is 4. The molecular weight excluding hydrogens is 160 g/mol. The first-order chi connectivity index (χ1) is 5.61. The van der Waals surface area contributed by atoms with Gasteiger partial charge in [0.1, 0.15) is 5.92 Å². The standard InChI is InChI=1S/C8H6O4/c9-4-1-3-2-5(10)6(4)8(12)7(3)11/h3,6H,1-2H2. The summed E-state index contributed by atoms with van der Waals surface area (Å²) in [4.78, 5) is 44.1. The molecular formula is C8H6O4. The van der Waals surface area contributed by atoms with Crippen LogP contribution >= 0.6 is 0 Å². The summed E-state index contributed by atoms with van der Waals surface area (Å²) in [6, 6.07) is 0. The number of carbonyl (C=O) groups excluding carboxylic acids is 4. The first-order valence-electron chi connectivity index (χ1n) is 3.74. The molecule has 0 radical (unpaired) electrons. The average molecular weight is 166 g/mol. The first-order valence-corrected chi connectivity index (χ1v) is 3.74. The highest BCUT2D eigenvalue weighted by Gasteiger charge is 2.51. The van der Waals surface area contributed by atoms with Crippen molar-refractivity contribution in [2.45, 2.75) is 12.8 Å². The lowest BCUT2D eigenvalue weighted by Crippen LogP contribution is -2.51. The highest BCUT2D eigenvalue weighted by Crippen LogP contribution is 2.31. The Balaban J connectivity index is 2.46. The van der Waals surface area contributed by atoms with E-state index in [0.29, 0.717) is 0 Å². The van der Waals surface area contributed by atoms with Gasteiger partial charge in [-0.1, -0.05) is 0 Å². The molecule has 0 aliphatic heterocycles. The molecule has 4 heteroatoms. The third kappa shape index (κ3) is 0.719. The Kier molecular flexibility index (Phi) is 1.28. The molecule has 3 saturated carbocycles. The molecule has 2 bridgehead atoms. The summed E-state index contributed by atoms with van der Waals surface area (Å²) >= 11 is 0. The van der Waals surface area contributed by atoms with E-state index in [2.05, 4.69) is 0 Å². The van der Waals surface area contributed by atoms with Gasteiger partial charge in [-0.25, -0.2) is 0 Å². The summed E-state index contributed by atoms with van der Waals surface area (Å²) in [7, 11) is 0. The minimum Gasteiger partial charge on any atom is -0.298 e. The van der Waals surface area contributed by atoms with Crippen molar-refractivity contribution in [1.82, 2.24) is 0 Å². The molecule has 0 aromatic carbocycles. The summed E-state index contributed by atoms with van der Waals surface area (Å²) in [6.07, 6.45) is 0.169. The van der Waals surface area contributed by atoms with Gasteiger partial charge < -0.3 is 0 Å². The van der Waals surface area contributed by atoms with Crippen LogP contribution in [0.4, 0.5) is 0 Å². The lowest BCUT2D eigenvalue weighted by Gasteiger charge is -2.30. The molecule has 3 fully saturated rings. The van der Waals surface area contributed by atoms with Gasteiger partial charge in [-0.05, 0) is 0 Å². The maximum atomic E-state index is 11.0. The minimum atomic E-state index is -1.23. The number of Topliss-reactive ketones (excluding diaryl/α,β-unsaturated/α-hetero) is 4. The van der Waals surface area contributed by atoms with Crippen LogP contribution < -0.4 is 0 Å². The summed E-state index contributed by atoms with van der Waals surface area (Å²) in [6.45, 7) is 0.